The molecule has 1 N–H and O–H groups in total. The molecule has 0 aliphatic carbocycles. The fraction of sp³-hybridized carbons (Fsp3) is 0.600. The van der Waals surface area contributed by atoms with E-state index in [1.165, 1.54) is 11.3 Å². The van der Waals surface area contributed by atoms with E-state index in [-0.39, 0.29) is 0 Å². The predicted molar refractivity (Wildman–Crippen MR) is 80.5 cm³/mol. The first-order valence-corrected chi connectivity index (χ1v) is 7.97. The predicted octanol–water partition coefficient (Wildman–Crippen LogP) is 3.19. The Hall–Kier alpha value is -0.870. The number of thioether (sulfide) groups is 1. The van der Waals surface area contributed by atoms with Gasteiger partial charge in [0, 0.05) is 4.90 Å². The van der Waals surface area contributed by atoms with Crippen molar-refractivity contribution in [2.24, 2.45) is 5.92 Å². The third-order valence-corrected chi connectivity index (χ3v) is 3.91. The third-order valence-electron chi connectivity index (χ3n) is 2.83. The second-order valence-corrected chi connectivity index (χ2v) is 6.27. The van der Waals surface area contributed by atoms with E-state index < -0.39 is 0 Å². The van der Waals surface area contributed by atoms with Gasteiger partial charge in [0.05, 0.1) is 0 Å². The lowest BCUT2D eigenvalue weighted by atomic mass is 10.2. The summed E-state index contributed by atoms with van der Waals surface area (Å²) in [5, 5.41) is 3.46. The van der Waals surface area contributed by atoms with Gasteiger partial charge in [-0.2, -0.15) is 0 Å². The Balaban J connectivity index is 1.68. The quantitative estimate of drug-likeness (QED) is 0.614. The second-order valence-electron chi connectivity index (χ2n) is 5.11. The molecule has 2 rings (SSSR count). The molecular formula is C15H23NO2S. The molecule has 1 heterocycles. The maximum Gasteiger partial charge on any atom is 0.162 e. The zero-order valence-corrected chi connectivity index (χ0v) is 12.6. The Kier molecular flexibility index (Phi) is 5.86. The van der Waals surface area contributed by atoms with Crippen LogP contribution in [-0.2, 0) is 0 Å². The summed E-state index contributed by atoms with van der Waals surface area (Å²) < 4.78 is 11.1. The zero-order valence-electron chi connectivity index (χ0n) is 11.8. The van der Waals surface area contributed by atoms with Gasteiger partial charge >= 0.3 is 0 Å². The Labute approximate surface area is 120 Å². The molecule has 0 radical (unpaired) electrons. The molecule has 0 saturated carbocycles. The van der Waals surface area contributed by atoms with Crippen molar-refractivity contribution in [1.29, 1.82) is 0 Å². The number of ether oxygens (including phenoxy) is 2. The van der Waals surface area contributed by atoms with Crippen LogP contribution >= 0.6 is 11.8 Å². The zero-order chi connectivity index (χ0) is 13.5. The van der Waals surface area contributed by atoms with E-state index in [4.69, 9.17) is 9.47 Å². The molecule has 1 aromatic rings. The first-order valence-electron chi connectivity index (χ1n) is 6.99. The van der Waals surface area contributed by atoms with Crippen LogP contribution < -0.4 is 14.8 Å². The van der Waals surface area contributed by atoms with Crippen molar-refractivity contribution in [3.05, 3.63) is 18.2 Å². The summed E-state index contributed by atoms with van der Waals surface area (Å²) in [5.74, 6) is 3.61. The van der Waals surface area contributed by atoms with Crippen LogP contribution in [0.1, 0.15) is 20.3 Å². The van der Waals surface area contributed by atoms with Crippen molar-refractivity contribution in [2.75, 3.05) is 32.1 Å². The molecule has 1 aromatic carbocycles. The van der Waals surface area contributed by atoms with Crippen molar-refractivity contribution >= 4 is 11.8 Å². The fourth-order valence-corrected chi connectivity index (χ4v) is 2.77. The molecule has 4 heteroatoms. The molecule has 106 valence electrons. The SMILES string of the molecule is CC(C)CNCCCSc1ccc2c(c1)OCCO2. The Morgan fingerprint density at radius 1 is 1.21 bits per heavy atom. The molecule has 19 heavy (non-hydrogen) atoms. The number of fused-ring (bicyclic) bond motifs is 1. The minimum atomic E-state index is 0.653. The van der Waals surface area contributed by atoms with E-state index in [0.717, 1.165) is 36.3 Å². The first-order chi connectivity index (χ1) is 9.25. The van der Waals surface area contributed by atoms with Crippen LogP contribution in [0.15, 0.2) is 23.1 Å². The van der Waals surface area contributed by atoms with Crippen molar-refractivity contribution in [1.82, 2.24) is 5.32 Å². The summed E-state index contributed by atoms with van der Waals surface area (Å²) in [7, 11) is 0. The van der Waals surface area contributed by atoms with E-state index in [9.17, 15) is 0 Å². The molecule has 1 aliphatic rings. The number of benzene rings is 1. The third kappa shape index (κ3) is 4.96. The highest BCUT2D eigenvalue weighted by Gasteiger charge is 2.11. The maximum absolute atomic E-state index is 5.58. The van der Waals surface area contributed by atoms with Gasteiger partial charge in [0.2, 0.25) is 0 Å². The normalized spacial score (nSPS) is 13.8. The summed E-state index contributed by atoms with van der Waals surface area (Å²) in [6.45, 7) is 7.97. The molecule has 0 amide bonds. The van der Waals surface area contributed by atoms with E-state index in [1.807, 2.05) is 17.8 Å². The molecule has 1 aliphatic heterocycles. The van der Waals surface area contributed by atoms with Gasteiger partial charge in [0.1, 0.15) is 13.2 Å². The summed E-state index contributed by atoms with van der Waals surface area (Å²) >= 11 is 1.88. The summed E-state index contributed by atoms with van der Waals surface area (Å²) in [5.41, 5.74) is 0. The average Bonchev–Trinajstić information content (AvgIpc) is 2.42. The van der Waals surface area contributed by atoms with Crippen LogP contribution in [0.4, 0.5) is 0 Å². The summed E-state index contributed by atoms with van der Waals surface area (Å²) in [6, 6.07) is 6.20. The van der Waals surface area contributed by atoms with E-state index in [0.29, 0.717) is 13.2 Å². The molecule has 0 bridgehead atoms. The first kappa shape index (κ1) is 14.5. The number of hydrogen-bond acceptors (Lipinski definition) is 4. The average molecular weight is 281 g/mol. The molecular weight excluding hydrogens is 258 g/mol. The van der Waals surface area contributed by atoms with Crippen LogP contribution in [0.5, 0.6) is 11.5 Å². The highest BCUT2D eigenvalue weighted by Crippen LogP contribution is 2.34. The van der Waals surface area contributed by atoms with E-state index in [1.54, 1.807) is 0 Å². The maximum atomic E-state index is 5.58. The molecule has 0 unspecified atom stereocenters. The second kappa shape index (κ2) is 7.65. The molecule has 0 aromatic heterocycles. The molecule has 0 spiro atoms. The van der Waals surface area contributed by atoms with Crippen LogP contribution in [0, 0.1) is 5.92 Å². The largest absolute Gasteiger partial charge is 0.486 e. The van der Waals surface area contributed by atoms with Gasteiger partial charge in [-0.25, -0.2) is 0 Å². The Morgan fingerprint density at radius 3 is 2.79 bits per heavy atom. The van der Waals surface area contributed by atoms with Gasteiger partial charge in [0.25, 0.3) is 0 Å². The lowest BCUT2D eigenvalue weighted by Gasteiger charge is -2.18. The van der Waals surface area contributed by atoms with E-state index >= 15 is 0 Å². The van der Waals surface area contributed by atoms with Crippen molar-refractivity contribution in [3.63, 3.8) is 0 Å². The Bertz CT molecular complexity index is 396. The molecule has 0 saturated heterocycles. The number of rotatable bonds is 7. The Morgan fingerprint density at radius 2 is 2.00 bits per heavy atom. The van der Waals surface area contributed by atoms with Crippen LogP contribution in [0.25, 0.3) is 0 Å². The standard InChI is InChI=1S/C15H23NO2S/c1-12(2)11-16-6-3-9-19-13-4-5-14-15(10-13)18-8-7-17-14/h4-5,10,12,16H,3,6-9,11H2,1-2H3. The minimum Gasteiger partial charge on any atom is -0.486 e. The highest BCUT2D eigenvalue weighted by molar-refractivity contribution is 7.99. The minimum absolute atomic E-state index is 0.653. The van der Waals surface area contributed by atoms with Crippen LogP contribution in [0.2, 0.25) is 0 Å². The van der Waals surface area contributed by atoms with Crippen molar-refractivity contribution in [2.45, 2.75) is 25.2 Å². The fourth-order valence-electron chi connectivity index (χ4n) is 1.89. The topological polar surface area (TPSA) is 30.5 Å². The molecule has 3 nitrogen and oxygen atoms in total. The lowest BCUT2D eigenvalue weighted by Crippen LogP contribution is -2.21. The number of nitrogens with one attached hydrogen (secondary N) is 1. The van der Waals surface area contributed by atoms with Crippen molar-refractivity contribution in [3.8, 4) is 11.5 Å². The molecule has 0 atom stereocenters. The number of hydrogen-bond donors (Lipinski definition) is 1. The van der Waals surface area contributed by atoms with Crippen LogP contribution in [0.3, 0.4) is 0 Å². The van der Waals surface area contributed by atoms with Crippen molar-refractivity contribution < 1.29 is 9.47 Å². The summed E-state index contributed by atoms with van der Waals surface area (Å²) in [4.78, 5) is 1.26. The molecule has 0 fully saturated rings. The smallest absolute Gasteiger partial charge is 0.162 e. The van der Waals surface area contributed by atoms with Gasteiger partial charge in [-0.1, -0.05) is 13.8 Å². The lowest BCUT2D eigenvalue weighted by molar-refractivity contribution is 0.171. The highest BCUT2D eigenvalue weighted by atomic mass is 32.2. The van der Waals surface area contributed by atoms with Gasteiger partial charge in [-0.3, -0.25) is 0 Å². The van der Waals surface area contributed by atoms with E-state index in [2.05, 4.69) is 31.3 Å². The monoisotopic (exact) mass is 281 g/mol. The van der Waals surface area contributed by atoms with Gasteiger partial charge in [-0.05, 0) is 49.4 Å². The van der Waals surface area contributed by atoms with Crippen LogP contribution in [-0.4, -0.2) is 32.1 Å². The summed E-state index contributed by atoms with van der Waals surface area (Å²) in [6.07, 6.45) is 1.19. The van der Waals surface area contributed by atoms with Gasteiger partial charge < -0.3 is 14.8 Å². The van der Waals surface area contributed by atoms with Gasteiger partial charge in [0.15, 0.2) is 11.5 Å². The van der Waals surface area contributed by atoms with Gasteiger partial charge in [-0.15, -0.1) is 11.8 Å².